The van der Waals surface area contributed by atoms with Gasteiger partial charge < -0.3 is 19.9 Å². The van der Waals surface area contributed by atoms with E-state index in [1.807, 2.05) is 6.07 Å². The van der Waals surface area contributed by atoms with Crippen molar-refractivity contribution in [2.45, 2.75) is 0 Å². The molecule has 2 aromatic rings. The summed E-state index contributed by atoms with van der Waals surface area (Å²) in [5.74, 6) is -1.23. The van der Waals surface area contributed by atoms with Gasteiger partial charge in [0.2, 0.25) is 6.79 Å². The van der Waals surface area contributed by atoms with Gasteiger partial charge in [-0.25, -0.2) is 4.79 Å². The third-order valence-electron chi connectivity index (χ3n) is 3.26. The number of ether oxygens (including phenoxy) is 2. The molecular weight excluding hydrogens is 300 g/mol. The van der Waals surface area contributed by atoms with Crippen molar-refractivity contribution in [1.29, 1.82) is 5.26 Å². The maximum atomic E-state index is 12.4. The van der Waals surface area contributed by atoms with Crippen LogP contribution in [0.25, 0.3) is 0 Å². The van der Waals surface area contributed by atoms with Crippen molar-refractivity contribution in [3.8, 4) is 17.6 Å². The Morgan fingerprint density at radius 3 is 2.26 bits per heavy atom. The van der Waals surface area contributed by atoms with Crippen LogP contribution in [0, 0.1) is 11.3 Å². The van der Waals surface area contributed by atoms with Crippen LogP contribution >= 0.6 is 0 Å². The Kier molecular flexibility index (Phi) is 3.57. The minimum Gasteiger partial charge on any atom is -0.478 e. The molecule has 0 aromatic heterocycles. The zero-order valence-corrected chi connectivity index (χ0v) is 11.7. The first-order valence-electron chi connectivity index (χ1n) is 6.57. The summed E-state index contributed by atoms with van der Waals surface area (Å²) in [7, 11) is 0. The highest BCUT2D eigenvalue weighted by Crippen LogP contribution is 2.35. The van der Waals surface area contributed by atoms with Crippen molar-refractivity contribution in [1.82, 2.24) is 0 Å². The predicted octanol–water partition coefficient (Wildman–Crippen LogP) is 2.24. The number of carbonyl (C=O) groups excluding carboxylic acids is 1. The number of benzene rings is 2. The van der Waals surface area contributed by atoms with Gasteiger partial charge in [-0.3, -0.25) is 4.79 Å². The lowest BCUT2D eigenvalue weighted by Gasteiger charge is -2.09. The van der Waals surface area contributed by atoms with Crippen molar-refractivity contribution in [2.24, 2.45) is 0 Å². The molecule has 114 valence electrons. The highest BCUT2D eigenvalue weighted by Gasteiger charge is 2.24. The Bertz CT molecular complexity index is 837. The predicted molar refractivity (Wildman–Crippen MR) is 78.6 cm³/mol. The number of nitrogens with zero attached hydrogens (tertiary/aromatic N) is 1. The summed E-state index contributed by atoms with van der Waals surface area (Å²) in [5, 5.41) is 20.6. The molecule has 0 fully saturated rings. The highest BCUT2D eigenvalue weighted by atomic mass is 16.7. The number of carbonyl (C=O) groups is 2. The van der Waals surface area contributed by atoms with Gasteiger partial charge in [0.25, 0.3) is 5.91 Å². The fourth-order valence-electron chi connectivity index (χ4n) is 2.13. The maximum absolute atomic E-state index is 12.4. The number of aromatic carboxylic acids is 1. The first-order valence-corrected chi connectivity index (χ1v) is 6.57. The Morgan fingerprint density at radius 1 is 1.09 bits per heavy atom. The van der Waals surface area contributed by atoms with Crippen LogP contribution in [0.2, 0.25) is 0 Å². The van der Waals surface area contributed by atoms with Crippen LogP contribution in [0.3, 0.4) is 0 Å². The molecule has 1 aliphatic rings. The smallest absolute Gasteiger partial charge is 0.336 e. The molecule has 3 rings (SSSR count). The van der Waals surface area contributed by atoms with Gasteiger partial charge in [0.15, 0.2) is 11.5 Å². The SMILES string of the molecule is N#Cc1ccc(NC(=O)c2cc3c(cc2C(=O)O)OCO3)cc1. The van der Waals surface area contributed by atoms with Gasteiger partial charge in [0.1, 0.15) is 0 Å². The number of rotatable bonds is 3. The van der Waals surface area contributed by atoms with Crippen molar-refractivity contribution < 1.29 is 24.2 Å². The number of nitriles is 1. The van der Waals surface area contributed by atoms with Gasteiger partial charge in [-0.15, -0.1) is 0 Å². The molecule has 0 unspecified atom stereocenters. The van der Waals surface area contributed by atoms with E-state index in [9.17, 15) is 14.7 Å². The summed E-state index contributed by atoms with van der Waals surface area (Å²) in [6.45, 7) is -0.0188. The fourth-order valence-corrected chi connectivity index (χ4v) is 2.13. The second-order valence-corrected chi connectivity index (χ2v) is 4.70. The number of anilines is 1. The summed E-state index contributed by atoms with van der Waals surface area (Å²) in [4.78, 5) is 23.7. The Morgan fingerprint density at radius 2 is 1.70 bits per heavy atom. The van der Waals surface area contributed by atoms with Crippen LogP contribution in [-0.2, 0) is 0 Å². The van der Waals surface area contributed by atoms with E-state index < -0.39 is 11.9 Å². The number of hydrogen-bond donors (Lipinski definition) is 2. The molecule has 7 nitrogen and oxygen atoms in total. The van der Waals surface area contributed by atoms with Gasteiger partial charge in [-0.1, -0.05) is 0 Å². The number of carboxylic acids is 1. The molecule has 0 spiro atoms. The van der Waals surface area contributed by atoms with Crippen LogP contribution in [0.15, 0.2) is 36.4 Å². The molecule has 0 saturated heterocycles. The molecule has 0 radical (unpaired) electrons. The molecule has 2 aromatic carbocycles. The number of carboxylic acid groups (broad SMARTS) is 1. The van der Waals surface area contributed by atoms with E-state index >= 15 is 0 Å². The molecule has 1 heterocycles. The lowest BCUT2D eigenvalue weighted by molar-refractivity contribution is 0.0692. The molecule has 0 atom stereocenters. The monoisotopic (exact) mass is 310 g/mol. The van der Waals surface area contributed by atoms with Crippen molar-refractivity contribution in [3.63, 3.8) is 0 Å². The topological polar surface area (TPSA) is 109 Å². The molecule has 1 amide bonds. The average Bonchev–Trinajstić information content (AvgIpc) is 3.01. The van der Waals surface area contributed by atoms with E-state index in [1.54, 1.807) is 24.3 Å². The molecule has 23 heavy (non-hydrogen) atoms. The van der Waals surface area contributed by atoms with Crippen LogP contribution in [0.5, 0.6) is 11.5 Å². The Balaban J connectivity index is 1.92. The maximum Gasteiger partial charge on any atom is 0.336 e. The van der Waals surface area contributed by atoms with Crippen molar-refractivity contribution in [2.75, 3.05) is 12.1 Å². The van der Waals surface area contributed by atoms with E-state index in [2.05, 4.69) is 5.32 Å². The van der Waals surface area contributed by atoms with Crippen LogP contribution in [-0.4, -0.2) is 23.8 Å². The van der Waals surface area contributed by atoms with Crippen LogP contribution in [0.4, 0.5) is 5.69 Å². The molecule has 0 saturated carbocycles. The molecule has 7 heteroatoms. The standard InChI is InChI=1S/C16H10N2O5/c17-7-9-1-3-10(4-2-9)18-15(19)11-5-13-14(23-8-22-13)6-12(11)16(20)21/h1-6H,8H2,(H,18,19)(H,20,21). The third kappa shape index (κ3) is 2.78. The molecule has 2 N–H and O–H groups in total. The molecular formula is C16H10N2O5. The average molecular weight is 310 g/mol. The lowest BCUT2D eigenvalue weighted by Crippen LogP contribution is -2.16. The number of amides is 1. The van der Waals surface area contributed by atoms with Crippen LogP contribution < -0.4 is 14.8 Å². The second-order valence-electron chi connectivity index (χ2n) is 4.70. The summed E-state index contributed by atoms with van der Waals surface area (Å²) in [6.07, 6.45) is 0. The summed E-state index contributed by atoms with van der Waals surface area (Å²) < 4.78 is 10.3. The van der Waals surface area contributed by atoms with E-state index in [-0.39, 0.29) is 23.7 Å². The van der Waals surface area contributed by atoms with Crippen molar-refractivity contribution >= 4 is 17.6 Å². The van der Waals surface area contributed by atoms with E-state index in [0.29, 0.717) is 17.0 Å². The van der Waals surface area contributed by atoms with Gasteiger partial charge in [0.05, 0.1) is 22.8 Å². The fraction of sp³-hybridized carbons (Fsp3) is 0.0625. The van der Waals surface area contributed by atoms with E-state index in [0.717, 1.165) is 0 Å². The minimum atomic E-state index is -1.24. The quantitative estimate of drug-likeness (QED) is 0.900. The molecule has 0 bridgehead atoms. The second kappa shape index (κ2) is 5.69. The van der Waals surface area contributed by atoms with Gasteiger partial charge in [-0.05, 0) is 36.4 Å². The van der Waals surface area contributed by atoms with Crippen LogP contribution in [0.1, 0.15) is 26.3 Å². The lowest BCUT2D eigenvalue weighted by atomic mass is 10.1. The largest absolute Gasteiger partial charge is 0.478 e. The highest BCUT2D eigenvalue weighted by molar-refractivity contribution is 6.11. The van der Waals surface area contributed by atoms with Crippen molar-refractivity contribution in [3.05, 3.63) is 53.1 Å². The summed E-state index contributed by atoms with van der Waals surface area (Å²) in [5.41, 5.74) is 0.687. The third-order valence-corrected chi connectivity index (χ3v) is 3.26. The van der Waals surface area contributed by atoms with Gasteiger partial charge in [-0.2, -0.15) is 5.26 Å². The van der Waals surface area contributed by atoms with E-state index in [1.165, 1.54) is 12.1 Å². The molecule has 1 aliphatic heterocycles. The minimum absolute atomic E-state index is 0.0188. The van der Waals surface area contributed by atoms with Gasteiger partial charge in [0, 0.05) is 5.69 Å². The Hall–Kier alpha value is -3.53. The molecule has 0 aliphatic carbocycles. The first kappa shape index (κ1) is 14.4. The van der Waals surface area contributed by atoms with E-state index in [4.69, 9.17) is 14.7 Å². The zero-order valence-electron chi connectivity index (χ0n) is 11.7. The number of hydrogen-bond acceptors (Lipinski definition) is 5. The normalized spacial score (nSPS) is 11.6. The first-order chi connectivity index (χ1) is 11.1. The summed E-state index contributed by atoms with van der Waals surface area (Å²) in [6, 6.07) is 10.8. The number of fused-ring (bicyclic) bond motifs is 1. The summed E-state index contributed by atoms with van der Waals surface area (Å²) >= 11 is 0. The number of nitrogens with one attached hydrogen (secondary N) is 1. The Labute approximate surface area is 130 Å². The zero-order chi connectivity index (χ0) is 16.4. The van der Waals surface area contributed by atoms with Gasteiger partial charge >= 0.3 is 5.97 Å².